The van der Waals surface area contributed by atoms with Crippen molar-refractivity contribution >= 4 is 29.9 Å². The molecule has 6 nitrogen and oxygen atoms in total. The van der Waals surface area contributed by atoms with E-state index in [1.165, 1.54) is 23.1 Å². The number of hydrogen-bond acceptors (Lipinski definition) is 4. The predicted octanol–water partition coefficient (Wildman–Crippen LogP) is 0.0478. The molecular formula is C12H15ClFN3O3. The summed E-state index contributed by atoms with van der Waals surface area (Å²) in [6, 6.07) is 3.96. The van der Waals surface area contributed by atoms with E-state index in [1.807, 2.05) is 0 Å². The summed E-state index contributed by atoms with van der Waals surface area (Å²) in [6.45, 7) is 0.327. The zero-order chi connectivity index (χ0) is 13.8. The summed E-state index contributed by atoms with van der Waals surface area (Å²) in [5.74, 6) is -0.798. The average Bonchev–Trinajstić information content (AvgIpc) is 2.43. The molecule has 0 radical (unpaired) electrons. The predicted molar refractivity (Wildman–Crippen MR) is 73.6 cm³/mol. The van der Waals surface area contributed by atoms with Gasteiger partial charge in [0, 0.05) is 6.07 Å². The molecule has 110 valence electrons. The second kappa shape index (κ2) is 7.06. The zero-order valence-electron chi connectivity index (χ0n) is 10.6. The number of rotatable bonds is 3. The molecule has 0 aromatic heterocycles. The summed E-state index contributed by atoms with van der Waals surface area (Å²) >= 11 is 0. The van der Waals surface area contributed by atoms with Gasteiger partial charge in [-0.3, -0.25) is 9.59 Å². The molecule has 1 aromatic carbocycles. The molecule has 1 aromatic rings. The normalized spacial score (nSPS) is 12.8. The number of carbonyl (C=O) groups excluding carboxylic acids is 2. The van der Waals surface area contributed by atoms with Crippen molar-refractivity contribution in [2.75, 3.05) is 31.1 Å². The first-order valence-electron chi connectivity index (χ1n) is 5.81. The van der Waals surface area contributed by atoms with E-state index in [0.29, 0.717) is 18.0 Å². The Labute approximate surface area is 121 Å². The van der Waals surface area contributed by atoms with Crippen LogP contribution in [0.5, 0.6) is 5.75 Å². The number of fused-ring (bicyclic) bond motifs is 1. The Hall–Kier alpha value is -1.86. The number of nitrogens with two attached hydrogens (primary N) is 1. The Morgan fingerprint density at radius 2 is 2.20 bits per heavy atom. The number of benzene rings is 1. The minimum atomic E-state index is -0.426. The third kappa shape index (κ3) is 3.58. The number of nitrogens with one attached hydrogen (secondary N) is 1. The van der Waals surface area contributed by atoms with Gasteiger partial charge in [-0.05, 0) is 12.1 Å². The van der Waals surface area contributed by atoms with Crippen LogP contribution in [0.25, 0.3) is 0 Å². The van der Waals surface area contributed by atoms with Gasteiger partial charge in [-0.15, -0.1) is 12.4 Å². The first kappa shape index (κ1) is 16.2. The van der Waals surface area contributed by atoms with Crippen LogP contribution in [0.15, 0.2) is 18.2 Å². The smallest absolute Gasteiger partial charge is 0.246 e. The Balaban J connectivity index is 0.00000200. The Bertz CT molecular complexity index is 513. The quantitative estimate of drug-likeness (QED) is 0.826. The van der Waals surface area contributed by atoms with Crippen molar-refractivity contribution in [3.8, 4) is 5.75 Å². The number of halogens is 2. The van der Waals surface area contributed by atoms with Gasteiger partial charge in [0.2, 0.25) is 11.8 Å². The fourth-order valence-corrected chi connectivity index (χ4v) is 1.79. The van der Waals surface area contributed by atoms with E-state index < -0.39 is 11.7 Å². The fraction of sp³-hybridized carbons (Fsp3) is 0.333. The standard InChI is InChI=1S/C12H14FN3O3.ClH/c13-8-1-2-9-10(5-8)19-4-3-16(9)12(18)7-15-11(17)6-14;/h1-2,5H,3-4,6-7,14H2,(H,15,17);1H. The molecule has 0 fully saturated rings. The lowest BCUT2D eigenvalue weighted by Gasteiger charge is -2.29. The van der Waals surface area contributed by atoms with Crippen LogP contribution < -0.4 is 20.7 Å². The minimum absolute atomic E-state index is 0. The topological polar surface area (TPSA) is 84.7 Å². The Morgan fingerprint density at radius 1 is 1.45 bits per heavy atom. The lowest BCUT2D eigenvalue weighted by Crippen LogP contribution is -2.45. The maximum atomic E-state index is 13.1. The van der Waals surface area contributed by atoms with Gasteiger partial charge < -0.3 is 20.7 Å². The van der Waals surface area contributed by atoms with Crippen LogP contribution in [0.1, 0.15) is 0 Å². The Morgan fingerprint density at radius 3 is 2.90 bits per heavy atom. The highest BCUT2D eigenvalue weighted by atomic mass is 35.5. The van der Waals surface area contributed by atoms with Gasteiger partial charge in [0.1, 0.15) is 18.2 Å². The van der Waals surface area contributed by atoms with Crippen LogP contribution in [0.2, 0.25) is 0 Å². The van der Waals surface area contributed by atoms with Gasteiger partial charge in [0.05, 0.1) is 25.3 Å². The lowest BCUT2D eigenvalue weighted by atomic mass is 10.2. The van der Waals surface area contributed by atoms with Gasteiger partial charge in [-0.2, -0.15) is 0 Å². The SMILES string of the molecule is Cl.NCC(=O)NCC(=O)N1CCOc2cc(F)ccc21. The Kier molecular flexibility index (Phi) is 5.72. The van der Waals surface area contributed by atoms with E-state index in [1.54, 1.807) is 0 Å². The third-order valence-corrected chi connectivity index (χ3v) is 2.71. The summed E-state index contributed by atoms with van der Waals surface area (Å²) in [4.78, 5) is 24.4. The van der Waals surface area contributed by atoms with E-state index in [9.17, 15) is 14.0 Å². The molecule has 8 heteroatoms. The van der Waals surface area contributed by atoms with Crippen molar-refractivity contribution < 1.29 is 18.7 Å². The van der Waals surface area contributed by atoms with Crippen LogP contribution >= 0.6 is 12.4 Å². The summed E-state index contributed by atoms with van der Waals surface area (Å²) in [5, 5.41) is 2.40. The fourth-order valence-electron chi connectivity index (χ4n) is 1.79. The molecular weight excluding hydrogens is 289 g/mol. The molecule has 1 heterocycles. The maximum Gasteiger partial charge on any atom is 0.246 e. The van der Waals surface area contributed by atoms with E-state index >= 15 is 0 Å². The van der Waals surface area contributed by atoms with Crippen molar-refractivity contribution in [3.05, 3.63) is 24.0 Å². The summed E-state index contributed by atoms with van der Waals surface area (Å²) in [6.07, 6.45) is 0. The highest BCUT2D eigenvalue weighted by Gasteiger charge is 2.24. The minimum Gasteiger partial charge on any atom is -0.489 e. The highest BCUT2D eigenvalue weighted by Crippen LogP contribution is 2.31. The summed E-state index contributed by atoms with van der Waals surface area (Å²) in [5.41, 5.74) is 5.63. The molecule has 3 N–H and O–H groups in total. The molecule has 2 rings (SSSR count). The number of anilines is 1. The zero-order valence-corrected chi connectivity index (χ0v) is 11.4. The summed E-state index contributed by atoms with van der Waals surface area (Å²) < 4.78 is 18.4. The van der Waals surface area contributed by atoms with Gasteiger partial charge in [0.25, 0.3) is 0 Å². The van der Waals surface area contributed by atoms with Gasteiger partial charge in [0.15, 0.2) is 0 Å². The number of carbonyl (C=O) groups is 2. The molecule has 0 saturated carbocycles. The van der Waals surface area contributed by atoms with Gasteiger partial charge in [-0.25, -0.2) is 4.39 Å². The molecule has 0 atom stereocenters. The van der Waals surface area contributed by atoms with Crippen LogP contribution in [0.3, 0.4) is 0 Å². The third-order valence-electron chi connectivity index (χ3n) is 2.71. The average molecular weight is 304 g/mol. The van der Waals surface area contributed by atoms with E-state index in [4.69, 9.17) is 10.5 Å². The van der Waals surface area contributed by atoms with Crippen molar-refractivity contribution in [1.29, 1.82) is 0 Å². The number of ether oxygens (including phenoxy) is 1. The molecule has 2 amide bonds. The van der Waals surface area contributed by atoms with Crippen molar-refractivity contribution in [2.45, 2.75) is 0 Å². The van der Waals surface area contributed by atoms with E-state index in [0.717, 1.165) is 0 Å². The van der Waals surface area contributed by atoms with Crippen molar-refractivity contribution in [2.24, 2.45) is 5.73 Å². The number of nitrogens with zero attached hydrogens (tertiary/aromatic N) is 1. The molecule has 0 aliphatic carbocycles. The first-order chi connectivity index (χ1) is 9.11. The number of amides is 2. The molecule has 20 heavy (non-hydrogen) atoms. The van der Waals surface area contributed by atoms with Crippen LogP contribution in [0.4, 0.5) is 10.1 Å². The van der Waals surface area contributed by atoms with Crippen LogP contribution in [0, 0.1) is 5.82 Å². The molecule has 0 unspecified atom stereocenters. The second-order valence-electron chi connectivity index (χ2n) is 3.99. The van der Waals surface area contributed by atoms with E-state index in [2.05, 4.69) is 5.32 Å². The largest absolute Gasteiger partial charge is 0.489 e. The molecule has 0 bridgehead atoms. The monoisotopic (exact) mass is 303 g/mol. The van der Waals surface area contributed by atoms with Crippen molar-refractivity contribution in [1.82, 2.24) is 5.32 Å². The lowest BCUT2D eigenvalue weighted by molar-refractivity contribution is -0.124. The highest BCUT2D eigenvalue weighted by molar-refractivity contribution is 5.98. The molecule has 0 saturated heterocycles. The van der Waals surface area contributed by atoms with Crippen LogP contribution in [-0.4, -0.2) is 38.1 Å². The van der Waals surface area contributed by atoms with Crippen LogP contribution in [-0.2, 0) is 9.59 Å². The number of hydrogen-bond donors (Lipinski definition) is 2. The van der Waals surface area contributed by atoms with Crippen molar-refractivity contribution in [3.63, 3.8) is 0 Å². The first-order valence-corrected chi connectivity index (χ1v) is 5.81. The molecule has 1 aliphatic heterocycles. The molecule has 1 aliphatic rings. The maximum absolute atomic E-state index is 13.1. The van der Waals surface area contributed by atoms with Gasteiger partial charge in [-0.1, -0.05) is 0 Å². The molecule has 0 spiro atoms. The second-order valence-corrected chi connectivity index (χ2v) is 3.99. The van der Waals surface area contributed by atoms with E-state index in [-0.39, 0.29) is 38.0 Å². The summed E-state index contributed by atoms with van der Waals surface area (Å²) in [7, 11) is 0. The van der Waals surface area contributed by atoms with Gasteiger partial charge >= 0.3 is 0 Å².